The smallest absolute Gasteiger partial charge is 0.311 e. The fourth-order valence-corrected chi connectivity index (χ4v) is 2.71. The Bertz CT molecular complexity index is 570. The first-order valence-corrected chi connectivity index (χ1v) is 7.53. The predicted molar refractivity (Wildman–Crippen MR) is 74.9 cm³/mol. The lowest BCUT2D eigenvalue weighted by molar-refractivity contribution is -0.143. The van der Waals surface area contributed by atoms with Gasteiger partial charge < -0.3 is 10.4 Å². The standard InChI is InChI=1S/C13H17N3O3S/c1-7-9(11(20-3)16-8(2)15-7)10(17)14-6-13(4-5-13)12(18)19/h4-6H2,1-3H3,(H,14,17)(H,18,19). The summed E-state index contributed by atoms with van der Waals surface area (Å²) in [6.45, 7) is 3.69. The maximum absolute atomic E-state index is 12.3. The van der Waals surface area contributed by atoms with E-state index in [0.717, 1.165) is 0 Å². The van der Waals surface area contributed by atoms with Gasteiger partial charge in [0.25, 0.3) is 5.91 Å². The van der Waals surface area contributed by atoms with Gasteiger partial charge in [0.15, 0.2) is 0 Å². The molecule has 0 radical (unpaired) electrons. The third-order valence-electron chi connectivity index (χ3n) is 3.48. The van der Waals surface area contributed by atoms with Crippen LogP contribution in [0.1, 0.15) is 34.7 Å². The Morgan fingerprint density at radius 3 is 2.50 bits per heavy atom. The number of nitrogens with zero attached hydrogens (tertiary/aromatic N) is 2. The number of thioether (sulfide) groups is 1. The highest BCUT2D eigenvalue weighted by Gasteiger charge is 2.50. The average Bonchev–Trinajstić information content (AvgIpc) is 3.16. The van der Waals surface area contributed by atoms with Crippen LogP contribution in [0.3, 0.4) is 0 Å². The summed E-state index contributed by atoms with van der Waals surface area (Å²) in [5.74, 6) is -0.535. The highest BCUT2D eigenvalue weighted by atomic mass is 32.2. The molecule has 1 aliphatic carbocycles. The maximum Gasteiger partial charge on any atom is 0.311 e. The Morgan fingerprint density at radius 1 is 1.35 bits per heavy atom. The molecule has 1 aromatic heterocycles. The van der Waals surface area contributed by atoms with Crippen molar-refractivity contribution in [2.75, 3.05) is 12.8 Å². The summed E-state index contributed by atoms with van der Waals surface area (Å²) in [7, 11) is 0. The lowest BCUT2D eigenvalue weighted by Gasteiger charge is -2.14. The summed E-state index contributed by atoms with van der Waals surface area (Å²) in [5, 5.41) is 12.4. The Kier molecular flexibility index (Phi) is 3.99. The number of rotatable bonds is 5. The number of hydrogen-bond donors (Lipinski definition) is 2. The number of carbonyl (C=O) groups excluding carboxylic acids is 1. The molecule has 1 saturated carbocycles. The van der Waals surface area contributed by atoms with E-state index in [-0.39, 0.29) is 12.5 Å². The van der Waals surface area contributed by atoms with Crippen LogP contribution in [0, 0.1) is 19.3 Å². The molecule has 20 heavy (non-hydrogen) atoms. The molecule has 7 heteroatoms. The average molecular weight is 295 g/mol. The second kappa shape index (κ2) is 5.40. The molecule has 0 bridgehead atoms. The van der Waals surface area contributed by atoms with Gasteiger partial charge in [-0.1, -0.05) is 0 Å². The van der Waals surface area contributed by atoms with E-state index in [2.05, 4.69) is 15.3 Å². The Balaban J connectivity index is 2.16. The molecule has 0 atom stereocenters. The molecule has 1 amide bonds. The van der Waals surface area contributed by atoms with Gasteiger partial charge in [-0.2, -0.15) is 0 Å². The minimum absolute atomic E-state index is 0.155. The third kappa shape index (κ3) is 2.77. The zero-order valence-corrected chi connectivity index (χ0v) is 12.5. The van der Waals surface area contributed by atoms with E-state index in [4.69, 9.17) is 5.11 Å². The second-order valence-corrected chi connectivity index (χ2v) is 5.80. The third-order valence-corrected chi connectivity index (χ3v) is 4.17. The van der Waals surface area contributed by atoms with Gasteiger partial charge in [0.05, 0.1) is 16.7 Å². The van der Waals surface area contributed by atoms with Crippen molar-refractivity contribution in [1.82, 2.24) is 15.3 Å². The number of amides is 1. The maximum atomic E-state index is 12.3. The minimum atomic E-state index is -0.847. The number of hydrogen-bond acceptors (Lipinski definition) is 5. The van der Waals surface area contributed by atoms with E-state index < -0.39 is 11.4 Å². The number of aliphatic carboxylic acids is 1. The van der Waals surface area contributed by atoms with E-state index in [0.29, 0.717) is 34.9 Å². The number of carbonyl (C=O) groups is 2. The summed E-state index contributed by atoms with van der Waals surface area (Å²) in [6.07, 6.45) is 3.07. The van der Waals surface area contributed by atoms with Gasteiger partial charge in [-0.05, 0) is 32.9 Å². The van der Waals surface area contributed by atoms with E-state index in [1.54, 1.807) is 13.8 Å². The monoisotopic (exact) mass is 295 g/mol. The van der Waals surface area contributed by atoms with Crippen molar-refractivity contribution in [3.05, 3.63) is 17.1 Å². The van der Waals surface area contributed by atoms with E-state index >= 15 is 0 Å². The van der Waals surface area contributed by atoms with Gasteiger partial charge in [0, 0.05) is 6.54 Å². The van der Waals surface area contributed by atoms with Crippen molar-refractivity contribution >= 4 is 23.6 Å². The molecule has 1 aliphatic rings. The zero-order chi connectivity index (χ0) is 14.9. The summed E-state index contributed by atoms with van der Waals surface area (Å²) in [5.41, 5.74) is 0.276. The van der Waals surface area contributed by atoms with Crippen molar-refractivity contribution < 1.29 is 14.7 Å². The quantitative estimate of drug-likeness (QED) is 0.630. The summed E-state index contributed by atoms with van der Waals surface area (Å²) in [4.78, 5) is 31.8. The fourth-order valence-electron chi connectivity index (χ4n) is 2.05. The van der Waals surface area contributed by atoms with Crippen LogP contribution in [-0.4, -0.2) is 39.8 Å². The predicted octanol–water partition coefficient (Wildman–Crippen LogP) is 1.41. The normalized spacial score (nSPS) is 15.8. The molecule has 1 aromatic rings. The molecule has 0 unspecified atom stereocenters. The highest BCUT2D eigenvalue weighted by Crippen LogP contribution is 2.45. The van der Waals surface area contributed by atoms with Crippen molar-refractivity contribution in [2.45, 2.75) is 31.7 Å². The van der Waals surface area contributed by atoms with Crippen LogP contribution in [0.5, 0.6) is 0 Å². The summed E-state index contributed by atoms with van der Waals surface area (Å²) >= 11 is 1.38. The van der Waals surface area contributed by atoms with E-state index in [1.165, 1.54) is 11.8 Å². The molecular formula is C13H17N3O3S. The van der Waals surface area contributed by atoms with Crippen molar-refractivity contribution in [2.24, 2.45) is 5.41 Å². The lowest BCUT2D eigenvalue weighted by Crippen LogP contribution is -2.35. The molecule has 1 heterocycles. The Morgan fingerprint density at radius 2 is 2.00 bits per heavy atom. The molecule has 0 aliphatic heterocycles. The largest absolute Gasteiger partial charge is 0.481 e. The SMILES string of the molecule is CSc1nc(C)nc(C)c1C(=O)NCC1(C(=O)O)CC1. The fraction of sp³-hybridized carbons (Fsp3) is 0.538. The van der Waals surface area contributed by atoms with Gasteiger partial charge in [0.2, 0.25) is 0 Å². The molecular weight excluding hydrogens is 278 g/mol. The van der Waals surface area contributed by atoms with Crippen LogP contribution >= 0.6 is 11.8 Å². The first-order valence-electron chi connectivity index (χ1n) is 6.30. The van der Waals surface area contributed by atoms with Crippen LogP contribution in [-0.2, 0) is 4.79 Å². The van der Waals surface area contributed by atoms with Crippen LogP contribution in [0.15, 0.2) is 5.03 Å². The van der Waals surface area contributed by atoms with Gasteiger partial charge in [0.1, 0.15) is 10.9 Å². The molecule has 2 rings (SSSR count). The molecule has 0 spiro atoms. The molecule has 0 aromatic carbocycles. The second-order valence-electron chi connectivity index (χ2n) is 5.01. The number of carboxylic acid groups (broad SMARTS) is 1. The number of carboxylic acids is 1. The first-order chi connectivity index (χ1) is 9.39. The Hall–Kier alpha value is -1.63. The number of aryl methyl sites for hydroxylation is 2. The van der Waals surface area contributed by atoms with Gasteiger partial charge in [-0.3, -0.25) is 9.59 Å². The van der Waals surface area contributed by atoms with Crippen LogP contribution < -0.4 is 5.32 Å². The number of nitrogens with one attached hydrogen (secondary N) is 1. The Labute approximate surface area is 121 Å². The first kappa shape index (κ1) is 14.8. The highest BCUT2D eigenvalue weighted by molar-refractivity contribution is 7.98. The van der Waals surface area contributed by atoms with Gasteiger partial charge >= 0.3 is 5.97 Å². The molecule has 6 nitrogen and oxygen atoms in total. The van der Waals surface area contributed by atoms with Crippen molar-refractivity contribution in [3.8, 4) is 0 Å². The molecule has 108 valence electrons. The minimum Gasteiger partial charge on any atom is -0.481 e. The lowest BCUT2D eigenvalue weighted by atomic mass is 10.1. The molecule has 0 saturated heterocycles. The number of aromatic nitrogens is 2. The van der Waals surface area contributed by atoms with Gasteiger partial charge in [-0.15, -0.1) is 11.8 Å². The summed E-state index contributed by atoms with van der Waals surface area (Å²) in [6, 6.07) is 0. The van der Waals surface area contributed by atoms with E-state index in [1.807, 2.05) is 6.26 Å². The zero-order valence-electron chi connectivity index (χ0n) is 11.7. The van der Waals surface area contributed by atoms with E-state index in [9.17, 15) is 9.59 Å². The van der Waals surface area contributed by atoms with Crippen LogP contribution in [0.2, 0.25) is 0 Å². The van der Waals surface area contributed by atoms with Crippen molar-refractivity contribution in [3.63, 3.8) is 0 Å². The summed E-state index contributed by atoms with van der Waals surface area (Å²) < 4.78 is 0. The van der Waals surface area contributed by atoms with Crippen LogP contribution in [0.25, 0.3) is 0 Å². The van der Waals surface area contributed by atoms with Crippen LogP contribution in [0.4, 0.5) is 0 Å². The van der Waals surface area contributed by atoms with Crippen molar-refractivity contribution in [1.29, 1.82) is 0 Å². The van der Waals surface area contributed by atoms with Gasteiger partial charge in [-0.25, -0.2) is 9.97 Å². The molecule has 1 fully saturated rings. The topological polar surface area (TPSA) is 92.2 Å². The molecule has 2 N–H and O–H groups in total.